The molecule has 0 saturated carbocycles. The summed E-state index contributed by atoms with van der Waals surface area (Å²) in [6.07, 6.45) is 5.12. The molecule has 7 heteroatoms. The van der Waals surface area contributed by atoms with Crippen LogP contribution in [0.4, 0.5) is 4.39 Å². The van der Waals surface area contributed by atoms with E-state index in [4.69, 9.17) is 0 Å². The average Bonchev–Trinajstić information content (AvgIpc) is 3.11. The highest BCUT2D eigenvalue weighted by Gasteiger charge is 2.10. The minimum Gasteiger partial charge on any atom is -0.299 e. The maximum atomic E-state index is 13.6. The van der Waals surface area contributed by atoms with Crippen LogP contribution in [0.25, 0.3) is 11.4 Å². The first-order valence-corrected chi connectivity index (χ1v) is 8.63. The lowest BCUT2D eigenvalue weighted by Crippen LogP contribution is -2.08. The lowest BCUT2D eigenvalue weighted by Gasteiger charge is -2.03. The second-order valence-electron chi connectivity index (χ2n) is 6.12. The maximum absolute atomic E-state index is 13.6. The van der Waals surface area contributed by atoms with Gasteiger partial charge in [0, 0.05) is 36.4 Å². The number of aromatic nitrogens is 5. The number of carbonyl (C=O) groups excluding carboxylic acids is 1. The Morgan fingerprint density at radius 3 is 2.69 bits per heavy atom. The molecule has 0 saturated heterocycles. The summed E-state index contributed by atoms with van der Waals surface area (Å²) in [4.78, 5) is 17.6. The van der Waals surface area contributed by atoms with Crippen molar-refractivity contribution in [3.63, 3.8) is 0 Å². The number of hydrogen-bond donors (Lipinski definition) is 0. The van der Waals surface area contributed by atoms with Gasteiger partial charge in [0.05, 0.1) is 6.54 Å². The van der Waals surface area contributed by atoms with Crippen molar-refractivity contribution in [1.29, 1.82) is 0 Å². The topological polar surface area (TPSA) is 73.6 Å². The molecule has 2 aromatic heterocycles. The summed E-state index contributed by atoms with van der Waals surface area (Å²) < 4.78 is 13.6. The largest absolute Gasteiger partial charge is 0.299 e. The molecule has 0 fully saturated rings. The van der Waals surface area contributed by atoms with E-state index in [0.29, 0.717) is 11.4 Å². The SMILES string of the molecule is CCCCn1nnc(-c2ccc(CC(=O)Cc3cnccc3F)cc2)n1. The Morgan fingerprint density at radius 2 is 1.96 bits per heavy atom. The van der Waals surface area contributed by atoms with Crippen LogP contribution in [-0.2, 0) is 24.2 Å². The molecule has 0 aliphatic heterocycles. The zero-order valence-corrected chi connectivity index (χ0v) is 14.6. The number of halogens is 1. The number of benzene rings is 1. The number of carbonyl (C=O) groups is 1. The summed E-state index contributed by atoms with van der Waals surface area (Å²) in [7, 11) is 0. The fraction of sp³-hybridized carbons (Fsp3) is 0.316. The van der Waals surface area contributed by atoms with E-state index in [2.05, 4.69) is 27.3 Å². The van der Waals surface area contributed by atoms with Crippen molar-refractivity contribution in [2.75, 3.05) is 0 Å². The van der Waals surface area contributed by atoms with Crippen LogP contribution < -0.4 is 0 Å². The van der Waals surface area contributed by atoms with E-state index >= 15 is 0 Å². The van der Waals surface area contributed by atoms with Crippen LogP contribution in [0.1, 0.15) is 30.9 Å². The molecule has 0 unspecified atom stereocenters. The van der Waals surface area contributed by atoms with E-state index < -0.39 is 5.82 Å². The number of nitrogens with zero attached hydrogens (tertiary/aromatic N) is 5. The molecule has 0 atom stereocenters. The van der Waals surface area contributed by atoms with Gasteiger partial charge in [0.15, 0.2) is 0 Å². The van der Waals surface area contributed by atoms with Crippen LogP contribution in [0.2, 0.25) is 0 Å². The first-order chi connectivity index (χ1) is 12.7. The van der Waals surface area contributed by atoms with E-state index in [1.165, 1.54) is 18.5 Å². The molecule has 0 radical (unpaired) electrons. The van der Waals surface area contributed by atoms with E-state index in [0.717, 1.165) is 30.5 Å². The molecule has 0 aliphatic rings. The zero-order valence-electron chi connectivity index (χ0n) is 14.6. The number of tetrazole rings is 1. The minimum absolute atomic E-state index is 0.0364. The van der Waals surface area contributed by atoms with E-state index in [1.807, 2.05) is 24.3 Å². The Morgan fingerprint density at radius 1 is 1.15 bits per heavy atom. The van der Waals surface area contributed by atoms with Gasteiger partial charge in [-0.2, -0.15) is 4.80 Å². The smallest absolute Gasteiger partial charge is 0.204 e. The van der Waals surface area contributed by atoms with E-state index in [1.54, 1.807) is 4.80 Å². The lowest BCUT2D eigenvalue weighted by atomic mass is 10.0. The van der Waals surface area contributed by atoms with Crippen LogP contribution in [0, 0.1) is 5.82 Å². The minimum atomic E-state index is -0.402. The van der Waals surface area contributed by atoms with Gasteiger partial charge >= 0.3 is 0 Å². The fourth-order valence-electron chi connectivity index (χ4n) is 2.57. The Balaban J connectivity index is 1.61. The molecule has 0 bridgehead atoms. The Hall–Kier alpha value is -2.96. The zero-order chi connectivity index (χ0) is 18.4. The van der Waals surface area contributed by atoms with Gasteiger partial charge in [-0.1, -0.05) is 37.6 Å². The predicted molar refractivity (Wildman–Crippen MR) is 94.8 cm³/mol. The molecular weight excluding hydrogens is 333 g/mol. The summed E-state index contributed by atoms with van der Waals surface area (Å²) in [5.41, 5.74) is 2.03. The van der Waals surface area contributed by atoms with Crippen molar-refractivity contribution >= 4 is 5.78 Å². The van der Waals surface area contributed by atoms with Gasteiger partial charge in [-0.15, -0.1) is 10.2 Å². The highest BCUT2D eigenvalue weighted by Crippen LogP contribution is 2.16. The van der Waals surface area contributed by atoms with Crippen LogP contribution in [-0.4, -0.2) is 31.0 Å². The van der Waals surface area contributed by atoms with Gasteiger partial charge in [0.1, 0.15) is 11.6 Å². The number of Topliss-reactive ketones (excluding diaryl/α,β-unsaturated/α-hetero) is 1. The third kappa shape index (κ3) is 4.56. The first-order valence-electron chi connectivity index (χ1n) is 8.63. The van der Waals surface area contributed by atoms with Crippen molar-refractivity contribution in [3.8, 4) is 11.4 Å². The molecule has 3 aromatic rings. The number of rotatable bonds is 8. The standard InChI is InChI=1S/C19H20FN5O/c1-2-3-10-25-23-19(22-24-25)15-6-4-14(5-7-15)11-17(26)12-16-13-21-9-8-18(16)20/h4-9,13H,2-3,10-12H2,1H3. The molecule has 134 valence electrons. The summed E-state index contributed by atoms with van der Waals surface area (Å²) in [6, 6.07) is 8.72. The molecule has 0 N–H and O–H groups in total. The lowest BCUT2D eigenvalue weighted by molar-refractivity contribution is -0.117. The molecule has 26 heavy (non-hydrogen) atoms. The van der Waals surface area contributed by atoms with Crippen molar-refractivity contribution in [2.24, 2.45) is 0 Å². The van der Waals surface area contributed by atoms with Crippen LogP contribution in [0.15, 0.2) is 42.7 Å². The molecule has 3 rings (SSSR count). The van der Waals surface area contributed by atoms with Crippen molar-refractivity contribution in [1.82, 2.24) is 25.2 Å². The quantitative estimate of drug-likeness (QED) is 0.622. The first kappa shape index (κ1) is 17.8. The molecule has 0 spiro atoms. The number of pyridine rings is 1. The maximum Gasteiger partial charge on any atom is 0.204 e. The average molecular weight is 353 g/mol. The second-order valence-corrected chi connectivity index (χ2v) is 6.12. The predicted octanol–water partition coefficient (Wildman–Crippen LogP) is 3.03. The molecule has 0 amide bonds. The van der Waals surface area contributed by atoms with Gasteiger partial charge in [0.2, 0.25) is 5.82 Å². The Kier molecular flexibility index (Phi) is 5.78. The molecule has 6 nitrogen and oxygen atoms in total. The van der Waals surface area contributed by atoms with Gasteiger partial charge in [-0.3, -0.25) is 9.78 Å². The molecule has 2 heterocycles. The number of ketones is 1. The third-order valence-electron chi connectivity index (χ3n) is 4.01. The summed E-state index contributed by atoms with van der Waals surface area (Å²) in [5.74, 6) is 0.102. The van der Waals surface area contributed by atoms with Crippen molar-refractivity contribution < 1.29 is 9.18 Å². The van der Waals surface area contributed by atoms with Crippen LogP contribution in [0.3, 0.4) is 0 Å². The van der Waals surface area contributed by atoms with Gasteiger partial charge in [-0.05, 0) is 23.3 Å². The summed E-state index contributed by atoms with van der Waals surface area (Å²) in [5, 5.41) is 12.5. The van der Waals surface area contributed by atoms with Gasteiger partial charge in [-0.25, -0.2) is 4.39 Å². The normalized spacial score (nSPS) is 10.8. The van der Waals surface area contributed by atoms with E-state index in [9.17, 15) is 9.18 Å². The Labute approximate surface area is 151 Å². The van der Waals surface area contributed by atoms with Gasteiger partial charge in [0.25, 0.3) is 0 Å². The van der Waals surface area contributed by atoms with E-state index in [-0.39, 0.29) is 18.6 Å². The highest BCUT2D eigenvalue weighted by atomic mass is 19.1. The second kappa shape index (κ2) is 8.42. The third-order valence-corrected chi connectivity index (χ3v) is 4.01. The monoisotopic (exact) mass is 353 g/mol. The van der Waals surface area contributed by atoms with Crippen molar-refractivity contribution in [2.45, 2.75) is 39.2 Å². The molecule has 0 aliphatic carbocycles. The van der Waals surface area contributed by atoms with Crippen LogP contribution >= 0.6 is 0 Å². The molecular formula is C19H20FN5O. The fourth-order valence-corrected chi connectivity index (χ4v) is 2.57. The number of hydrogen-bond acceptors (Lipinski definition) is 5. The van der Waals surface area contributed by atoms with Gasteiger partial charge < -0.3 is 0 Å². The number of unbranched alkanes of at least 4 members (excludes halogenated alkanes) is 1. The number of aryl methyl sites for hydroxylation is 1. The van der Waals surface area contributed by atoms with Crippen LogP contribution in [0.5, 0.6) is 0 Å². The highest BCUT2D eigenvalue weighted by molar-refractivity contribution is 5.83. The summed E-state index contributed by atoms with van der Waals surface area (Å²) >= 11 is 0. The van der Waals surface area contributed by atoms with Crippen molar-refractivity contribution in [3.05, 3.63) is 59.7 Å². The summed E-state index contributed by atoms with van der Waals surface area (Å²) in [6.45, 7) is 2.86. The Bertz CT molecular complexity index is 876. The molecule has 1 aromatic carbocycles.